The topological polar surface area (TPSA) is 68.8 Å². The van der Waals surface area contributed by atoms with E-state index in [-0.39, 0.29) is 0 Å². The maximum Gasteiger partial charge on any atom is 0.149 e. The van der Waals surface area contributed by atoms with Gasteiger partial charge in [-0.3, -0.25) is 0 Å². The molecule has 0 amide bonds. The van der Waals surface area contributed by atoms with Crippen molar-refractivity contribution in [2.45, 2.75) is 13.5 Å². The van der Waals surface area contributed by atoms with Crippen molar-refractivity contribution < 1.29 is 0 Å². The smallest absolute Gasteiger partial charge is 0.149 e. The second-order valence-corrected chi connectivity index (χ2v) is 3.68. The molecule has 0 saturated carbocycles. The first-order valence-corrected chi connectivity index (χ1v) is 5.17. The molecule has 0 aliphatic carbocycles. The van der Waals surface area contributed by atoms with Gasteiger partial charge in [-0.2, -0.15) is 0 Å². The molecule has 0 bridgehead atoms. The van der Waals surface area contributed by atoms with Crippen LogP contribution in [0.3, 0.4) is 0 Å². The number of hydrogen-bond acceptors (Lipinski definition) is 4. The Morgan fingerprint density at radius 1 is 1.50 bits per heavy atom. The summed E-state index contributed by atoms with van der Waals surface area (Å²) in [6, 6.07) is 1.91. The number of aryl methyl sites for hydroxylation is 1. The number of imidazole rings is 1. The molecular weight excluding hydrogens is 202 g/mol. The number of pyridine rings is 1. The van der Waals surface area contributed by atoms with Gasteiger partial charge in [-0.15, -0.1) is 0 Å². The molecule has 84 valence electrons. The lowest BCUT2D eigenvalue weighted by molar-refractivity contribution is 0.725. The molecule has 0 aromatic carbocycles. The van der Waals surface area contributed by atoms with Crippen molar-refractivity contribution in [3.05, 3.63) is 36.5 Å². The number of rotatable bonds is 4. The van der Waals surface area contributed by atoms with Gasteiger partial charge in [0.25, 0.3) is 0 Å². The molecule has 0 unspecified atom stereocenters. The van der Waals surface area contributed by atoms with E-state index in [9.17, 15) is 0 Å². The lowest BCUT2D eigenvalue weighted by Crippen LogP contribution is -2.11. The van der Waals surface area contributed by atoms with Crippen molar-refractivity contribution in [1.82, 2.24) is 14.5 Å². The average molecular weight is 217 g/mol. The number of hydrogen-bond donors (Lipinski definition) is 2. The first-order chi connectivity index (χ1) is 7.75. The highest BCUT2D eigenvalue weighted by molar-refractivity contribution is 5.61. The van der Waals surface area contributed by atoms with Gasteiger partial charge < -0.3 is 15.6 Å². The summed E-state index contributed by atoms with van der Waals surface area (Å²) in [5, 5.41) is 3.19. The van der Waals surface area contributed by atoms with Crippen molar-refractivity contribution >= 4 is 11.5 Å². The zero-order valence-corrected chi connectivity index (χ0v) is 9.22. The first kappa shape index (κ1) is 10.5. The first-order valence-electron chi connectivity index (χ1n) is 5.17. The van der Waals surface area contributed by atoms with Crippen LogP contribution in [0.2, 0.25) is 0 Å². The van der Waals surface area contributed by atoms with E-state index < -0.39 is 0 Å². The van der Waals surface area contributed by atoms with E-state index in [0.29, 0.717) is 5.69 Å². The van der Waals surface area contributed by atoms with Crippen molar-refractivity contribution in [2.24, 2.45) is 0 Å². The van der Waals surface area contributed by atoms with Crippen molar-refractivity contribution in [3.8, 4) is 0 Å². The largest absolute Gasteiger partial charge is 0.396 e. The quantitative estimate of drug-likeness (QED) is 0.809. The normalized spacial score (nSPS) is 10.3. The summed E-state index contributed by atoms with van der Waals surface area (Å²) in [5.74, 6) is 0.741. The fourth-order valence-electron chi connectivity index (χ4n) is 1.46. The summed E-state index contributed by atoms with van der Waals surface area (Å²) < 4.78 is 2.00. The molecular formula is C11H15N5. The summed E-state index contributed by atoms with van der Waals surface area (Å²) in [6.45, 7) is 3.59. The van der Waals surface area contributed by atoms with Gasteiger partial charge in [-0.05, 0) is 18.6 Å². The van der Waals surface area contributed by atoms with Crippen LogP contribution in [0, 0.1) is 6.92 Å². The van der Waals surface area contributed by atoms with E-state index in [1.165, 1.54) is 0 Å². The molecule has 2 aromatic heterocycles. The van der Waals surface area contributed by atoms with E-state index in [4.69, 9.17) is 5.73 Å². The minimum atomic E-state index is 0.686. The lowest BCUT2D eigenvalue weighted by Gasteiger charge is -2.08. The SMILES string of the molecule is Cc1cnc(NCCn2ccnc2)c(N)c1. The van der Waals surface area contributed by atoms with Crippen LogP contribution < -0.4 is 11.1 Å². The fraction of sp³-hybridized carbons (Fsp3) is 0.273. The predicted octanol–water partition coefficient (Wildman–Crippen LogP) is 1.28. The zero-order valence-electron chi connectivity index (χ0n) is 9.22. The zero-order chi connectivity index (χ0) is 11.4. The number of nitrogens with one attached hydrogen (secondary N) is 1. The van der Waals surface area contributed by atoms with Gasteiger partial charge in [-0.25, -0.2) is 9.97 Å². The van der Waals surface area contributed by atoms with Crippen LogP contribution in [-0.2, 0) is 6.54 Å². The molecule has 2 rings (SSSR count). The van der Waals surface area contributed by atoms with E-state index in [1.54, 1.807) is 18.7 Å². The van der Waals surface area contributed by atoms with E-state index >= 15 is 0 Å². The molecule has 0 atom stereocenters. The molecule has 0 radical (unpaired) electrons. The van der Waals surface area contributed by atoms with Crippen LogP contribution in [0.5, 0.6) is 0 Å². The number of anilines is 2. The molecule has 2 aromatic rings. The van der Waals surface area contributed by atoms with Crippen molar-refractivity contribution in [1.29, 1.82) is 0 Å². The van der Waals surface area contributed by atoms with Crippen LogP contribution in [0.4, 0.5) is 11.5 Å². The van der Waals surface area contributed by atoms with E-state index in [0.717, 1.165) is 24.5 Å². The summed E-state index contributed by atoms with van der Waals surface area (Å²) in [5.41, 5.74) is 7.59. The Hall–Kier alpha value is -2.04. The summed E-state index contributed by atoms with van der Waals surface area (Å²) in [6.07, 6.45) is 7.27. The molecule has 2 heterocycles. The van der Waals surface area contributed by atoms with Crippen LogP contribution >= 0.6 is 0 Å². The van der Waals surface area contributed by atoms with Gasteiger partial charge in [0.05, 0.1) is 12.0 Å². The molecule has 0 aliphatic rings. The third-order valence-corrected chi connectivity index (χ3v) is 2.28. The van der Waals surface area contributed by atoms with Gasteiger partial charge in [0.15, 0.2) is 0 Å². The van der Waals surface area contributed by atoms with Gasteiger partial charge >= 0.3 is 0 Å². The molecule has 0 saturated heterocycles. The Balaban J connectivity index is 1.90. The van der Waals surface area contributed by atoms with Gasteiger partial charge in [0, 0.05) is 31.7 Å². The maximum atomic E-state index is 5.84. The number of nitrogens with two attached hydrogens (primary N) is 1. The van der Waals surface area contributed by atoms with Gasteiger partial charge in [-0.1, -0.05) is 0 Å². The molecule has 3 N–H and O–H groups in total. The molecule has 0 fully saturated rings. The highest BCUT2D eigenvalue weighted by Crippen LogP contribution is 2.15. The summed E-state index contributed by atoms with van der Waals surface area (Å²) >= 11 is 0. The Labute approximate surface area is 94.3 Å². The Morgan fingerprint density at radius 2 is 2.38 bits per heavy atom. The van der Waals surface area contributed by atoms with Crippen molar-refractivity contribution in [2.75, 3.05) is 17.6 Å². The average Bonchev–Trinajstić information content (AvgIpc) is 2.74. The second-order valence-electron chi connectivity index (χ2n) is 3.68. The summed E-state index contributed by atoms with van der Waals surface area (Å²) in [7, 11) is 0. The second kappa shape index (κ2) is 4.65. The Bertz CT molecular complexity index is 449. The van der Waals surface area contributed by atoms with E-state index in [2.05, 4.69) is 15.3 Å². The van der Waals surface area contributed by atoms with Crippen molar-refractivity contribution in [3.63, 3.8) is 0 Å². The number of nitrogens with zero attached hydrogens (tertiary/aromatic N) is 3. The third kappa shape index (κ3) is 2.50. The minimum absolute atomic E-state index is 0.686. The standard InChI is InChI=1S/C11H15N5/c1-9-6-10(12)11(15-7-9)14-3-5-16-4-2-13-8-16/h2,4,6-8H,3,5,12H2,1H3,(H,14,15). The number of nitrogen functional groups attached to an aromatic ring is 1. The van der Waals surface area contributed by atoms with Gasteiger partial charge in [0.2, 0.25) is 0 Å². The molecule has 16 heavy (non-hydrogen) atoms. The maximum absolute atomic E-state index is 5.84. The molecule has 0 spiro atoms. The molecule has 5 heteroatoms. The van der Waals surface area contributed by atoms with Crippen LogP contribution in [0.1, 0.15) is 5.56 Å². The van der Waals surface area contributed by atoms with Crippen LogP contribution in [0.25, 0.3) is 0 Å². The lowest BCUT2D eigenvalue weighted by atomic mass is 10.3. The Kier molecular flexibility index (Phi) is 3.05. The number of aromatic nitrogens is 3. The fourth-order valence-corrected chi connectivity index (χ4v) is 1.46. The van der Waals surface area contributed by atoms with Gasteiger partial charge in [0.1, 0.15) is 5.82 Å². The Morgan fingerprint density at radius 3 is 3.06 bits per heavy atom. The van der Waals surface area contributed by atoms with Crippen LogP contribution in [0.15, 0.2) is 31.0 Å². The van der Waals surface area contributed by atoms with Crippen LogP contribution in [-0.4, -0.2) is 21.1 Å². The minimum Gasteiger partial charge on any atom is -0.396 e. The van der Waals surface area contributed by atoms with E-state index in [1.807, 2.05) is 23.8 Å². The monoisotopic (exact) mass is 217 g/mol. The third-order valence-electron chi connectivity index (χ3n) is 2.28. The molecule has 5 nitrogen and oxygen atoms in total. The molecule has 0 aliphatic heterocycles. The highest BCUT2D eigenvalue weighted by atomic mass is 15.1. The predicted molar refractivity (Wildman–Crippen MR) is 64.1 cm³/mol. The highest BCUT2D eigenvalue weighted by Gasteiger charge is 1.99. The summed E-state index contributed by atoms with van der Waals surface area (Å²) in [4.78, 5) is 8.21.